The summed E-state index contributed by atoms with van der Waals surface area (Å²) >= 11 is 3.48. The third-order valence-corrected chi connectivity index (χ3v) is 4.89. The molecule has 2 nitrogen and oxygen atoms in total. The van der Waals surface area contributed by atoms with Crippen LogP contribution in [0.4, 0.5) is 0 Å². The van der Waals surface area contributed by atoms with Gasteiger partial charge in [0.05, 0.1) is 0 Å². The van der Waals surface area contributed by atoms with Crippen molar-refractivity contribution in [1.82, 2.24) is 0 Å². The van der Waals surface area contributed by atoms with Crippen LogP contribution in [0, 0.1) is 0 Å². The quantitative estimate of drug-likeness (QED) is 0.408. The van der Waals surface area contributed by atoms with Crippen LogP contribution in [-0.2, 0) is 0 Å². The Balaban J connectivity index is 2.23. The predicted molar refractivity (Wildman–Crippen MR) is 104 cm³/mol. The molecule has 0 saturated carbocycles. The van der Waals surface area contributed by atoms with Gasteiger partial charge in [-0.05, 0) is 50.3 Å². The molecule has 24 heavy (non-hydrogen) atoms. The lowest BCUT2D eigenvalue weighted by molar-refractivity contribution is 0.426. The smallest absolute Gasteiger partial charge is 0.423 e. The summed E-state index contributed by atoms with van der Waals surface area (Å²) in [6.45, 7) is 0. The molecule has 0 bridgehead atoms. The number of fused-ring (bicyclic) bond motifs is 2. The first-order valence-electron chi connectivity index (χ1n) is 7.72. The van der Waals surface area contributed by atoms with Gasteiger partial charge in [0.15, 0.2) is 0 Å². The summed E-state index contributed by atoms with van der Waals surface area (Å²) in [6, 6.07) is 24.0. The lowest BCUT2D eigenvalue weighted by Crippen LogP contribution is -2.31. The molecule has 0 aliphatic rings. The molecule has 0 heterocycles. The zero-order valence-corrected chi connectivity index (χ0v) is 14.4. The number of hydrogen-bond acceptors (Lipinski definition) is 2. The molecule has 0 aliphatic heterocycles. The van der Waals surface area contributed by atoms with Crippen molar-refractivity contribution in [2.45, 2.75) is 0 Å². The minimum absolute atomic E-state index is 0.557. The Hall–Kier alpha value is -2.14. The summed E-state index contributed by atoms with van der Waals surface area (Å²) < 4.78 is 1.03. The van der Waals surface area contributed by atoms with Crippen molar-refractivity contribution in [3.63, 3.8) is 0 Å². The van der Waals surface area contributed by atoms with Crippen LogP contribution >= 0.6 is 15.9 Å². The zero-order chi connectivity index (χ0) is 16.7. The Labute approximate surface area is 148 Å². The zero-order valence-electron chi connectivity index (χ0n) is 12.8. The lowest BCUT2D eigenvalue weighted by Gasteiger charge is -2.16. The van der Waals surface area contributed by atoms with Crippen LogP contribution in [0.3, 0.4) is 0 Å². The molecule has 0 amide bonds. The molecule has 0 saturated heterocycles. The second-order valence-electron chi connectivity index (χ2n) is 5.76. The molecule has 4 aromatic carbocycles. The number of hydrogen-bond donors (Lipinski definition) is 2. The second-order valence-corrected chi connectivity index (χ2v) is 6.68. The SMILES string of the molecule is OB(O)c1c2ccccc2c(-c2ccc(Br)cc2)c2ccccc12. The van der Waals surface area contributed by atoms with E-state index in [9.17, 15) is 10.0 Å². The summed E-state index contributed by atoms with van der Waals surface area (Å²) in [6.07, 6.45) is 0. The first-order chi connectivity index (χ1) is 11.7. The molecular weight excluding hydrogens is 363 g/mol. The molecule has 4 rings (SSSR count). The van der Waals surface area contributed by atoms with Crippen molar-refractivity contribution >= 4 is 50.1 Å². The monoisotopic (exact) mass is 376 g/mol. The van der Waals surface area contributed by atoms with E-state index in [0.29, 0.717) is 5.46 Å². The molecule has 0 unspecified atom stereocenters. The van der Waals surface area contributed by atoms with Gasteiger partial charge in [0.2, 0.25) is 0 Å². The van der Waals surface area contributed by atoms with Gasteiger partial charge in [0, 0.05) is 4.47 Å². The van der Waals surface area contributed by atoms with E-state index >= 15 is 0 Å². The van der Waals surface area contributed by atoms with E-state index in [0.717, 1.165) is 37.1 Å². The van der Waals surface area contributed by atoms with E-state index in [-0.39, 0.29) is 0 Å². The van der Waals surface area contributed by atoms with Crippen molar-refractivity contribution in [3.05, 3.63) is 77.3 Å². The molecule has 0 radical (unpaired) electrons. The van der Waals surface area contributed by atoms with Crippen LogP contribution < -0.4 is 5.46 Å². The fourth-order valence-electron chi connectivity index (χ4n) is 3.37. The van der Waals surface area contributed by atoms with Gasteiger partial charge in [-0.25, -0.2) is 0 Å². The van der Waals surface area contributed by atoms with E-state index in [1.165, 1.54) is 0 Å². The third-order valence-electron chi connectivity index (χ3n) is 4.36. The Morgan fingerprint density at radius 1 is 0.625 bits per heavy atom. The fourth-order valence-corrected chi connectivity index (χ4v) is 3.63. The lowest BCUT2D eigenvalue weighted by atomic mass is 9.72. The number of halogens is 1. The molecule has 0 atom stereocenters. The highest BCUT2D eigenvalue weighted by atomic mass is 79.9. The maximum absolute atomic E-state index is 9.97. The topological polar surface area (TPSA) is 40.5 Å². The average molecular weight is 377 g/mol. The minimum atomic E-state index is -1.52. The summed E-state index contributed by atoms with van der Waals surface area (Å²) in [5.41, 5.74) is 2.77. The maximum Gasteiger partial charge on any atom is 0.489 e. The molecule has 0 fully saturated rings. The van der Waals surface area contributed by atoms with Crippen molar-refractivity contribution in [2.75, 3.05) is 0 Å². The van der Waals surface area contributed by atoms with E-state index in [1.54, 1.807) is 0 Å². The molecule has 116 valence electrons. The van der Waals surface area contributed by atoms with Crippen LogP contribution in [0.5, 0.6) is 0 Å². The highest BCUT2D eigenvalue weighted by molar-refractivity contribution is 9.10. The summed E-state index contributed by atoms with van der Waals surface area (Å²) in [4.78, 5) is 0. The van der Waals surface area contributed by atoms with Gasteiger partial charge >= 0.3 is 7.12 Å². The molecular formula is C20H14BBrO2. The normalized spacial score (nSPS) is 11.1. The van der Waals surface area contributed by atoms with Crippen molar-refractivity contribution in [2.24, 2.45) is 0 Å². The Kier molecular flexibility index (Phi) is 3.89. The number of rotatable bonds is 2. The molecule has 4 aromatic rings. The summed E-state index contributed by atoms with van der Waals surface area (Å²) in [5.74, 6) is 0. The van der Waals surface area contributed by atoms with Gasteiger partial charge in [0.1, 0.15) is 0 Å². The van der Waals surface area contributed by atoms with Gasteiger partial charge in [-0.2, -0.15) is 0 Å². The van der Waals surface area contributed by atoms with Crippen LogP contribution in [0.25, 0.3) is 32.7 Å². The fraction of sp³-hybridized carbons (Fsp3) is 0. The van der Waals surface area contributed by atoms with Crippen LogP contribution in [0.1, 0.15) is 0 Å². The van der Waals surface area contributed by atoms with Gasteiger partial charge < -0.3 is 10.0 Å². The van der Waals surface area contributed by atoms with E-state index in [2.05, 4.69) is 28.1 Å². The molecule has 0 aromatic heterocycles. The summed E-state index contributed by atoms with van der Waals surface area (Å²) in [7, 11) is -1.52. The average Bonchev–Trinajstić information content (AvgIpc) is 2.60. The Morgan fingerprint density at radius 3 is 1.54 bits per heavy atom. The highest BCUT2D eigenvalue weighted by Gasteiger charge is 2.21. The van der Waals surface area contributed by atoms with E-state index in [4.69, 9.17) is 0 Å². The molecule has 2 N–H and O–H groups in total. The first kappa shape index (κ1) is 15.4. The molecule has 0 spiro atoms. The van der Waals surface area contributed by atoms with Crippen molar-refractivity contribution < 1.29 is 10.0 Å². The van der Waals surface area contributed by atoms with Crippen LogP contribution in [0.15, 0.2) is 77.3 Å². The van der Waals surface area contributed by atoms with Crippen LogP contribution in [-0.4, -0.2) is 17.2 Å². The Bertz CT molecular complexity index is 986. The van der Waals surface area contributed by atoms with Crippen LogP contribution in [0.2, 0.25) is 0 Å². The van der Waals surface area contributed by atoms with Crippen molar-refractivity contribution in [1.29, 1.82) is 0 Å². The number of benzene rings is 4. The largest absolute Gasteiger partial charge is 0.489 e. The van der Waals surface area contributed by atoms with Gasteiger partial charge in [-0.3, -0.25) is 0 Å². The Morgan fingerprint density at radius 2 is 1.08 bits per heavy atom. The van der Waals surface area contributed by atoms with E-state index in [1.807, 2.05) is 60.7 Å². The van der Waals surface area contributed by atoms with E-state index < -0.39 is 7.12 Å². The highest BCUT2D eigenvalue weighted by Crippen LogP contribution is 2.35. The molecule has 0 aliphatic carbocycles. The molecule has 4 heteroatoms. The standard InChI is InChI=1S/C20H14BBrO2/c22-14-11-9-13(10-12-14)19-15-5-1-3-7-17(15)20(21(23)24)18-8-4-2-6-16(18)19/h1-12,23-24H. The second kappa shape index (κ2) is 6.06. The first-order valence-corrected chi connectivity index (χ1v) is 8.51. The minimum Gasteiger partial charge on any atom is -0.423 e. The third kappa shape index (κ3) is 2.44. The predicted octanol–water partition coefficient (Wildman–Crippen LogP) is 4.10. The summed E-state index contributed by atoms with van der Waals surface area (Å²) in [5, 5.41) is 23.7. The maximum atomic E-state index is 9.97. The van der Waals surface area contributed by atoms with Gasteiger partial charge in [0.25, 0.3) is 0 Å². The van der Waals surface area contributed by atoms with Gasteiger partial charge in [-0.15, -0.1) is 0 Å². The van der Waals surface area contributed by atoms with Crippen molar-refractivity contribution in [3.8, 4) is 11.1 Å². The van der Waals surface area contributed by atoms with Gasteiger partial charge in [-0.1, -0.05) is 76.6 Å².